The van der Waals surface area contributed by atoms with Gasteiger partial charge in [-0.05, 0) is 23.3 Å². The third-order valence-electron chi connectivity index (χ3n) is 3.19. The van der Waals surface area contributed by atoms with E-state index in [1.165, 1.54) is 5.56 Å². The van der Waals surface area contributed by atoms with Crippen molar-refractivity contribution >= 4 is 5.69 Å². The van der Waals surface area contributed by atoms with Gasteiger partial charge in [-0.15, -0.1) is 0 Å². The molecule has 1 N–H and O–H groups in total. The molecular formula is C17H18N2O. The third kappa shape index (κ3) is 3.84. The van der Waals surface area contributed by atoms with Crippen LogP contribution >= 0.6 is 0 Å². The van der Waals surface area contributed by atoms with E-state index < -0.39 is 0 Å². The maximum absolute atomic E-state index is 9.06. The Kier molecular flexibility index (Phi) is 5.16. The third-order valence-corrected chi connectivity index (χ3v) is 3.19. The van der Waals surface area contributed by atoms with E-state index in [9.17, 15) is 0 Å². The summed E-state index contributed by atoms with van der Waals surface area (Å²) in [5.74, 6) is 0. The molecule has 2 rings (SSSR count). The van der Waals surface area contributed by atoms with Crippen molar-refractivity contribution in [3.8, 4) is 6.07 Å². The lowest BCUT2D eigenvalue weighted by atomic mass is 10.1. The average Bonchev–Trinajstić information content (AvgIpc) is 2.53. The van der Waals surface area contributed by atoms with E-state index >= 15 is 0 Å². The lowest BCUT2D eigenvalue weighted by Crippen LogP contribution is -2.23. The van der Waals surface area contributed by atoms with Crippen LogP contribution in [0.5, 0.6) is 0 Å². The minimum Gasteiger partial charge on any atom is -0.392 e. The van der Waals surface area contributed by atoms with E-state index in [4.69, 9.17) is 10.4 Å². The van der Waals surface area contributed by atoms with Crippen molar-refractivity contribution in [3.05, 3.63) is 65.7 Å². The quantitative estimate of drug-likeness (QED) is 0.874. The number of benzene rings is 2. The van der Waals surface area contributed by atoms with Crippen LogP contribution in [-0.4, -0.2) is 11.7 Å². The molecule has 2 aromatic rings. The van der Waals surface area contributed by atoms with Crippen LogP contribution in [0.3, 0.4) is 0 Å². The predicted octanol–water partition coefficient (Wildman–Crippen LogP) is 3.10. The van der Waals surface area contributed by atoms with E-state index in [2.05, 4.69) is 23.1 Å². The van der Waals surface area contributed by atoms with Crippen LogP contribution in [0, 0.1) is 11.3 Å². The number of anilines is 1. The topological polar surface area (TPSA) is 47.3 Å². The number of rotatable bonds is 6. The smallest absolute Gasteiger partial charge is 0.0681 e. The first kappa shape index (κ1) is 14.1. The van der Waals surface area contributed by atoms with Gasteiger partial charge in [-0.3, -0.25) is 0 Å². The Hall–Kier alpha value is -2.31. The number of para-hydroxylation sites is 1. The zero-order valence-corrected chi connectivity index (χ0v) is 11.4. The van der Waals surface area contributed by atoms with Gasteiger partial charge in [0.05, 0.1) is 19.1 Å². The van der Waals surface area contributed by atoms with Gasteiger partial charge in [0.25, 0.3) is 0 Å². The van der Waals surface area contributed by atoms with Crippen molar-refractivity contribution in [3.63, 3.8) is 0 Å². The maximum Gasteiger partial charge on any atom is 0.0681 e. The molecule has 0 bridgehead atoms. The van der Waals surface area contributed by atoms with Crippen molar-refractivity contribution in [2.24, 2.45) is 0 Å². The number of nitrogens with zero attached hydrogens (tertiary/aromatic N) is 2. The van der Waals surface area contributed by atoms with Gasteiger partial charge in [-0.2, -0.15) is 5.26 Å². The van der Waals surface area contributed by atoms with E-state index in [1.807, 2.05) is 42.5 Å². The van der Waals surface area contributed by atoms with Crippen molar-refractivity contribution in [1.82, 2.24) is 0 Å². The second kappa shape index (κ2) is 7.32. The van der Waals surface area contributed by atoms with E-state index in [1.54, 1.807) is 0 Å². The van der Waals surface area contributed by atoms with Gasteiger partial charge in [-0.25, -0.2) is 0 Å². The molecule has 0 aliphatic rings. The molecule has 0 amide bonds. The van der Waals surface area contributed by atoms with Crippen LogP contribution in [0.4, 0.5) is 5.69 Å². The first-order valence-corrected chi connectivity index (χ1v) is 6.69. The van der Waals surface area contributed by atoms with Crippen LogP contribution in [0.1, 0.15) is 17.5 Å². The number of aliphatic hydroxyl groups is 1. The van der Waals surface area contributed by atoms with Crippen molar-refractivity contribution in [1.29, 1.82) is 5.26 Å². The molecule has 0 unspecified atom stereocenters. The van der Waals surface area contributed by atoms with Gasteiger partial charge >= 0.3 is 0 Å². The summed E-state index contributed by atoms with van der Waals surface area (Å²) in [6.07, 6.45) is 0.504. The Labute approximate surface area is 119 Å². The van der Waals surface area contributed by atoms with Crippen LogP contribution < -0.4 is 4.90 Å². The zero-order valence-electron chi connectivity index (χ0n) is 11.4. The first-order chi connectivity index (χ1) is 9.83. The van der Waals surface area contributed by atoms with Crippen molar-refractivity contribution in [2.75, 3.05) is 11.4 Å². The normalized spacial score (nSPS) is 10.0. The van der Waals surface area contributed by atoms with E-state index in [0.717, 1.165) is 17.8 Å². The summed E-state index contributed by atoms with van der Waals surface area (Å²) < 4.78 is 0. The van der Waals surface area contributed by atoms with Gasteiger partial charge in [0.1, 0.15) is 0 Å². The highest BCUT2D eigenvalue weighted by atomic mass is 16.3. The summed E-state index contributed by atoms with van der Waals surface area (Å²) in [5, 5.41) is 17.9. The molecule has 0 saturated heterocycles. The molecule has 0 spiro atoms. The van der Waals surface area contributed by atoms with Gasteiger partial charge in [0, 0.05) is 18.8 Å². The average molecular weight is 266 g/mol. The highest BCUT2D eigenvalue weighted by molar-refractivity contribution is 5.46. The molecule has 3 nitrogen and oxygen atoms in total. The molecule has 0 radical (unpaired) electrons. The molecule has 3 heteroatoms. The predicted molar refractivity (Wildman–Crippen MR) is 80.1 cm³/mol. The minimum absolute atomic E-state index is 0.0666. The van der Waals surface area contributed by atoms with E-state index in [0.29, 0.717) is 13.0 Å². The Bertz CT molecular complexity index is 558. The lowest BCUT2D eigenvalue weighted by Gasteiger charge is -2.24. The highest BCUT2D eigenvalue weighted by Crippen LogP contribution is 2.17. The second-order valence-electron chi connectivity index (χ2n) is 4.64. The second-order valence-corrected chi connectivity index (χ2v) is 4.64. The fraction of sp³-hybridized carbons (Fsp3) is 0.235. The lowest BCUT2D eigenvalue weighted by molar-refractivity contribution is 0.282. The standard InChI is InChI=1S/C17H18N2O/c18-11-4-12-19(17-5-2-1-3-6-17)13-15-7-9-16(14-20)10-8-15/h1-3,5-10,20H,4,12-14H2. The number of nitriles is 1. The van der Waals surface area contributed by atoms with Gasteiger partial charge in [0.2, 0.25) is 0 Å². The monoisotopic (exact) mass is 266 g/mol. The highest BCUT2D eigenvalue weighted by Gasteiger charge is 2.06. The summed E-state index contributed by atoms with van der Waals surface area (Å²) in [7, 11) is 0. The SMILES string of the molecule is N#CCCN(Cc1ccc(CO)cc1)c1ccccc1. The molecule has 2 aromatic carbocycles. The number of hydrogen-bond acceptors (Lipinski definition) is 3. The molecule has 20 heavy (non-hydrogen) atoms. The Morgan fingerprint density at radius 2 is 1.60 bits per heavy atom. The van der Waals surface area contributed by atoms with Gasteiger partial charge < -0.3 is 10.0 Å². The summed E-state index contributed by atoms with van der Waals surface area (Å²) in [5.41, 5.74) is 3.20. The summed E-state index contributed by atoms with van der Waals surface area (Å²) in [6.45, 7) is 1.54. The summed E-state index contributed by atoms with van der Waals surface area (Å²) in [6, 6.07) is 20.2. The summed E-state index contributed by atoms with van der Waals surface area (Å²) >= 11 is 0. The number of aliphatic hydroxyl groups excluding tert-OH is 1. The molecule has 0 aliphatic carbocycles. The fourth-order valence-corrected chi connectivity index (χ4v) is 2.09. The molecular weight excluding hydrogens is 248 g/mol. The van der Waals surface area contributed by atoms with Gasteiger partial charge in [0.15, 0.2) is 0 Å². The summed E-state index contributed by atoms with van der Waals surface area (Å²) in [4.78, 5) is 2.19. The molecule has 0 atom stereocenters. The molecule has 102 valence electrons. The maximum atomic E-state index is 9.06. The Balaban J connectivity index is 2.13. The van der Waals surface area contributed by atoms with E-state index in [-0.39, 0.29) is 6.61 Å². The Morgan fingerprint density at radius 1 is 0.950 bits per heavy atom. The minimum atomic E-state index is 0.0666. The fourth-order valence-electron chi connectivity index (χ4n) is 2.09. The molecule has 0 fully saturated rings. The van der Waals surface area contributed by atoms with Crippen LogP contribution in [0.2, 0.25) is 0 Å². The number of hydrogen-bond donors (Lipinski definition) is 1. The molecule has 0 aromatic heterocycles. The molecule has 0 aliphatic heterocycles. The van der Waals surface area contributed by atoms with Crippen molar-refractivity contribution < 1.29 is 5.11 Å². The largest absolute Gasteiger partial charge is 0.392 e. The van der Waals surface area contributed by atoms with Crippen LogP contribution in [0.25, 0.3) is 0 Å². The molecule has 0 saturated carbocycles. The van der Waals surface area contributed by atoms with Crippen molar-refractivity contribution in [2.45, 2.75) is 19.6 Å². The zero-order chi connectivity index (χ0) is 14.2. The van der Waals surface area contributed by atoms with Gasteiger partial charge in [-0.1, -0.05) is 42.5 Å². The van der Waals surface area contributed by atoms with Crippen LogP contribution in [0.15, 0.2) is 54.6 Å². The molecule has 0 heterocycles. The first-order valence-electron chi connectivity index (χ1n) is 6.69. The Morgan fingerprint density at radius 3 is 2.20 bits per heavy atom. The van der Waals surface area contributed by atoms with Crippen LogP contribution in [-0.2, 0) is 13.2 Å².